The minimum atomic E-state index is 1.30. The molecule has 0 fully saturated rings. The summed E-state index contributed by atoms with van der Waals surface area (Å²) < 4.78 is 4.58. The van der Waals surface area contributed by atoms with Crippen molar-refractivity contribution in [2.75, 3.05) is 0 Å². The van der Waals surface area contributed by atoms with E-state index in [0.717, 1.165) is 0 Å². The Balaban J connectivity index is 0.000000144. The molecule has 0 atom stereocenters. The number of furan rings is 1. The molecule has 15 heavy (non-hydrogen) atoms. The van der Waals surface area contributed by atoms with E-state index >= 15 is 0 Å². The highest BCUT2D eigenvalue weighted by Crippen LogP contribution is 2.19. The van der Waals surface area contributed by atoms with Crippen molar-refractivity contribution >= 4 is 0 Å². The third-order valence-corrected chi connectivity index (χ3v) is 2.69. The average Bonchev–Trinajstić information content (AvgIpc) is 2.88. The molecule has 1 nitrogen and oxygen atoms in total. The molecule has 1 heterocycles. The Morgan fingerprint density at radius 1 is 0.733 bits per heavy atom. The Labute approximate surface area is 90.7 Å². The normalized spacial score (nSPS) is 13.6. The van der Waals surface area contributed by atoms with Crippen LogP contribution in [-0.2, 0) is 12.8 Å². The summed E-state index contributed by atoms with van der Waals surface area (Å²) in [5.74, 6) is 0. The Morgan fingerprint density at radius 3 is 1.67 bits per heavy atom. The SMILES string of the molecule is c1ccc2c(c1)CCCC2.c1ccoc1. The summed E-state index contributed by atoms with van der Waals surface area (Å²) in [5.41, 5.74) is 3.16. The van der Waals surface area contributed by atoms with Crippen molar-refractivity contribution in [3.8, 4) is 0 Å². The highest BCUT2D eigenvalue weighted by molar-refractivity contribution is 5.28. The first kappa shape index (κ1) is 10.0. The van der Waals surface area contributed by atoms with Crippen LogP contribution in [0, 0.1) is 0 Å². The van der Waals surface area contributed by atoms with Crippen LogP contribution in [0.3, 0.4) is 0 Å². The molecule has 1 aliphatic rings. The van der Waals surface area contributed by atoms with Crippen molar-refractivity contribution in [2.45, 2.75) is 25.7 Å². The number of benzene rings is 1. The van der Waals surface area contributed by atoms with Gasteiger partial charge in [-0.25, -0.2) is 0 Å². The molecular formula is C14H16O. The van der Waals surface area contributed by atoms with Gasteiger partial charge in [-0.05, 0) is 48.9 Å². The van der Waals surface area contributed by atoms with Gasteiger partial charge < -0.3 is 4.42 Å². The van der Waals surface area contributed by atoms with Crippen LogP contribution in [0.5, 0.6) is 0 Å². The molecule has 3 rings (SSSR count). The van der Waals surface area contributed by atoms with Crippen molar-refractivity contribution < 1.29 is 4.42 Å². The van der Waals surface area contributed by atoms with E-state index in [-0.39, 0.29) is 0 Å². The lowest BCUT2D eigenvalue weighted by Crippen LogP contribution is -2.00. The van der Waals surface area contributed by atoms with Gasteiger partial charge in [0.2, 0.25) is 0 Å². The summed E-state index contributed by atoms with van der Waals surface area (Å²) in [5, 5.41) is 0. The Bertz CT molecular complexity index is 334. The van der Waals surface area contributed by atoms with Crippen molar-refractivity contribution in [2.24, 2.45) is 0 Å². The Kier molecular flexibility index (Phi) is 3.61. The van der Waals surface area contributed by atoms with Crippen molar-refractivity contribution in [3.05, 3.63) is 60.1 Å². The molecule has 2 aromatic rings. The van der Waals surface area contributed by atoms with Gasteiger partial charge in [-0.2, -0.15) is 0 Å². The molecule has 78 valence electrons. The van der Waals surface area contributed by atoms with Crippen LogP contribution in [-0.4, -0.2) is 0 Å². The van der Waals surface area contributed by atoms with Crippen LogP contribution in [0.1, 0.15) is 24.0 Å². The second kappa shape index (κ2) is 5.40. The van der Waals surface area contributed by atoms with E-state index in [2.05, 4.69) is 28.7 Å². The van der Waals surface area contributed by atoms with Crippen molar-refractivity contribution in [3.63, 3.8) is 0 Å². The lowest BCUT2D eigenvalue weighted by atomic mass is 9.92. The van der Waals surface area contributed by atoms with Gasteiger partial charge in [-0.1, -0.05) is 24.3 Å². The van der Waals surface area contributed by atoms with E-state index in [0.29, 0.717) is 0 Å². The number of rotatable bonds is 0. The standard InChI is InChI=1S/C10H12.C4H4O/c1-2-6-10-8-4-3-7-9(10)5-1;1-2-4-5-3-1/h1-2,5-6H,3-4,7-8H2;1-4H. The van der Waals surface area contributed by atoms with Gasteiger partial charge in [-0.15, -0.1) is 0 Å². The molecule has 0 unspecified atom stereocenters. The van der Waals surface area contributed by atoms with Gasteiger partial charge in [0.25, 0.3) is 0 Å². The van der Waals surface area contributed by atoms with Crippen LogP contribution in [0.25, 0.3) is 0 Å². The predicted molar refractivity (Wildman–Crippen MR) is 61.8 cm³/mol. The molecule has 0 N–H and O–H groups in total. The Hall–Kier alpha value is -1.50. The molecule has 0 bridgehead atoms. The van der Waals surface area contributed by atoms with E-state index in [1.165, 1.54) is 25.7 Å². The summed E-state index contributed by atoms with van der Waals surface area (Å²) in [7, 11) is 0. The van der Waals surface area contributed by atoms with Gasteiger partial charge in [0.15, 0.2) is 0 Å². The van der Waals surface area contributed by atoms with Crippen LogP contribution >= 0.6 is 0 Å². The number of hydrogen-bond donors (Lipinski definition) is 0. The molecule has 0 aliphatic heterocycles. The molecule has 0 saturated carbocycles. The van der Waals surface area contributed by atoms with Gasteiger partial charge >= 0.3 is 0 Å². The van der Waals surface area contributed by atoms with E-state index < -0.39 is 0 Å². The highest BCUT2D eigenvalue weighted by Gasteiger charge is 2.05. The number of aryl methyl sites for hydroxylation is 2. The van der Waals surface area contributed by atoms with Crippen molar-refractivity contribution in [1.82, 2.24) is 0 Å². The fraction of sp³-hybridized carbons (Fsp3) is 0.286. The summed E-state index contributed by atoms with van der Waals surface area (Å²) in [6, 6.07) is 12.5. The maximum Gasteiger partial charge on any atom is 0.0902 e. The molecule has 0 saturated heterocycles. The van der Waals surface area contributed by atoms with E-state index in [4.69, 9.17) is 0 Å². The highest BCUT2D eigenvalue weighted by atomic mass is 16.3. The molecule has 1 aromatic heterocycles. The zero-order valence-corrected chi connectivity index (χ0v) is 8.86. The minimum Gasteiger partial charge on any atom is -0.473 e. The molecule has 0 amide bonds. The monoisotopic (exact) mass is 200 g/mol. The molecule has 0 radical (unpaired) electrons. The minimum absolute atomic E-state index is 1.30. The zero-order chi connectivity index (χ0) is 10.3. The summed E-state index contributed by atoms with van der Waals surface area (Å²) in [4.78, 5) is 0. The fourth-order valence-corrected chi connectivity index (χ4v) is 1.90. The van der Waals surface area contributed by atoms with Crippen LogP contribution in [0.4, 0.5) is 0 Å². The molecular weight excluding hydrogens is 184 g/mol. The maximum atomic E-state index is 4.58. The van der Waals surface area contributed by atoms with E-state index in [1.54, 1.807) is 23.7 Å². The first-order valence-electron chi connectivity index (χ1n) is 5.51. The van der Waals surface area contributed by atoms with Gasteiger partial charge in [0.1, 0.15) is 0 Å². The molecule has 1 aromatic carbocycles. The summed E-state index contributed by atoms with van der Waals surface area (Å²) >= 11 is 0. The van der Waals surface area contributed by atoms with Crippen LogP contribution < -0.4 is 0 Å². The zero-order valence-electron chi connectivity index (χ0n) is 8.86. The van der Waals surface area contributed by atoms with Gasteiger partial charge in [0, 0.05) is 0 Å². The van der Waals surface area contributed by atoms with Crippen LogP contribution in [0.15, 0.2) is 53.3 Å². The van der Waals surface area contributed by atoms with Crippen molar-refractivity contribution in [1.29, 1.82) is 0 Å². The topological polar surface area (TPSA) is 13.1 Å². The first-order valence-corrected chi connectivity index (χ1v) is 5.51. The Morgan fingerprint density at radius 2 is 1.27 bits per heavy atom. The predicted octanol–water partition coefficient (Wildman–Crippen LogP) is 3.85. The molecule has 1 heteroatoms. The third-order valence-electron chi connectivity index (χ3n) is 2.69. The smallest absolute Gasteiger partial charge is 0.0902 e. The third kappa shape index (κ3) is 2.98. The van der Waals surface area contributed by atoms with Gasteiger partial charge in [-0.3, -0.25) is 0 Å². The fourth-order valence-electron chi connectivity index (χ4n) is 1.90. The number of hydrogen-bond acceptors (Lipinski definition) is 1. The maximum absolute atomic E-state index is 4.58. The van der Waals surface area contributed by atoms with E-state index in [9.17, 15) is 0 Å². The second-order valence-corrected chi connectivity index (χ2v) is 3.77. The first-order chi connectivity index (χ1) is 7.47. The number of fused-ring (bicyclic) bond motifs is 1. The lowest BCUT2D eigenvalue weighted by Gasteiger charge is -2.13. The molecule has 1 aliphatic carbocycles. The average molecular weight is 200 g/mol. The quantitative estimate of drug-likeness (QED) is 0.629. The molecule has 0 spiro atoms. The van der Waals surface area contributed by atoms with Gasteiger partial charge in [0.05, 0.1) is 12.5 Å². The second-order valence-electron chi connectivity index (χ2n) is 3.77. The summed E-state index contributed by atoms with van der Waals surface area (Å²) in [6.45, 7) is 0. The summed E-state index contributed by atoms with van der Waals surface area (Å²) in [6.07, 6.45) is 8.63. The largest absolute Gasteiger partial charge is 0.473 e. The lowest BCUT2D eigenvalue weighted by molar-refractivity contribution is 0.567. The van der Waals surface area contributed by atoms with Crippen LogP contribution in [0.2, 0.25) is 0 Å². The van der Waals surface area contributed by atoms with E-state index in [1.807, 2.05) is 12.1 Å².